The number of rotatable bonds is 8. The highest BCUT2D eigenvalue weighted by molar-refractivity contribution is 5.88. The van der Waals surface area contributed by atoms with Crippen molar-refractivity contribution in [3.63, 3.8) is 0 Å². The zero-order valence-corrected chi connectivity index (χ0v) is 21.1. The van der Waals surface area contributed by atoms with Gasteiger partial charge in [-0.05, 0) is 43.3 Å². The summed E-state index contributed by atoms with van der Waals surface area (Å²) in [5, 5.41) is 4.04. The summed E-state index contributed by atoms with van der Waals surface area (Å²) in [4.78, 5) is 22.0. The highest BCUT2D eigenvalue weighted by Gasteiger charge is 2.16. The van der Waals surface area contributed by atoms with Crippen molar-refractivity contribution in [3.8, 4) is 28.7 Å². The smallest absolute Gasteiger partial charge is 0.276 e. The molecule has 1 N–H and O–H groups in total. The van der Waals surface area contributed by atoms with E-state index < -0.39 is 0 Å². The Bertz CT molecular complexity index is 1610. The summed E-state index contributed by atoms with van der Waals surface area (Å²) in [6.45, 7) is 2.29. The molecule has 0 bridgehead atoms. The zero-order chi connectivity index (χ0) is 25.9. The molecule has 37 heavy (non-hydrogen) atoms. The van der Waals surface area contributed by atoms with E-state index in [1.807, 2.05) is 73.3 Å². The van der Waals surface area contributed by atoms with Crippen molar-refractivity contribution in [1.29, 1.82) is 0 Å². The molecule has 0 aliphatic carbocycles. The fraction of sp³-hybridized carbons (Fsp3) is 0.179. The highest BCUT2D eigenvalue weighted by atomic mass is 16.5. The second kappa shape index (κ2) is 10.1. The van der Waals surface area contributed by atoms with Gasteiger partial charge in [0.2, 0.25) is 0 Å². The van der Waals surface area contributed by atoms with Crippen LogP contribution in [0.15, 0.2) is 77.9 Å². The predicted octanol–water partition coefficient (Wildman–Crippen LogP) is 4.85. The Hall–Kier alpha value is -4.79. The van der Waals surface area contributed by atoms with Crippen molar-refractivity contribution >= 4 is 16.7 Å². The number of para-hydroxylation sites is 1. The zero-order valence-electron chi connectivity index (χ0n) is 21.1. The first-order chi connectivity index (χ1) is 18.0. The van der Waals surface area contributed by atoms with E-state index in [0.29, 0.717) is 40.9 Å². The van der Waals surface area contributed by atoms with Gasteiger partial charge in [-0.2, -0.15) is 0 Å². The van der Waals surface area contributed by atoms with E-state index in [9.17, 15) is 4.79 Å². The van der Waals surface area contributed by atoms with Crippen LogP contribution in [0.25, 0.3) is 16.6 Å². The number of methoxy groups -OCH3 is 2. The van der Waals surface area contributed by atoms with Crippen LogP contribution in [-0.2, 0) is 13.6 Å². The van der Waals surface area contributed by atoms with Gasteiger partial charge < -0.3 is 19.5 Å². The Labute approximate surface area is 213 Å². The third kappa shape index (κ3) is 4.58. The molecule has 5 aromatic rings. The number of hydrogen-bond donors (Lipinski definition) is 1. The monoisotopic (exact) mass is 497 g/mol. The molecule has 2 aromatic carbocycles. The van der Waals surface area contributed by atoms with E-state index in [4.69, 9.17) is 14.2 Å². The maximum Gasteiger partial charge on any atom is 0.276 e. The van der Waals surface area contributed by atoms with Crippen LogP contribution < -0.4 is 25.1 Å². The Morgan fingerprint density at radius 2 is 1.68 bits per heavy atom. The van der Waals surface area contributed by atoms with Gasteiger partial charge in [0, 0.05) is 36.9 Å². The lowest BCUT2D eigenvalue weighted by Gasteiger charge is -2.12. The third-order valence-electron chi connectivity index (χ3n) is 6.29. The van der Waals surface area contributed by atoms with Gasteiger partial charge >= 0.3 is 0 Å². The third-order valence-corrected chi connectivity index (χ3v) is 6.29. The van der Waals surface area contributed by atoms with Gasteiger partial charge in [-0.25, -0.2) is 9.67 Å². The number of hydrogen-bond acceptors (Lipinski definition) is 7. The number of nitrogens with zero attached hydrogens (tertiary/aromatic N) is 4. The first-order valence-corrected chi connectivity index (χ1v) is 11.7. The Morgan fingerprint density at radius 3 is 2.38 bits per heavy atom. The molecule has 0 aliphatic heterocycles. The molecule has 0 amide bonds. The maximum absolute atomic E-state index is 13.1. The molecule has 0 aliphatic rings. The van der Waals surface area contributed by atoms with Crippen LogP contribution in [0, 0.1) is 6.92 Å². The predicted molar refractivity (Wildman–Crippen MR) is 142 cm³/mol. The van der Waals surface area contributed by atoms with Gasteiger partial charge in [0.15, 0.2) is 11.5 Å². The van der Waals surface area contributed by atoms with Gasteiger partial charge in [-0.1, -0.05) is 18.2 Å². The summed E-state index contributed by atoms with van der Waals surface area (Å²) < 4.78 is 20.4. The number of fused-ring (bicyclic) bond motifs is 1. The summed E-state index contributed by atoms with van der Waals surface area (Å²) in [7, 11) is 5.06. The van der Waals surface area contributed by atoms with E-state index >= 15 is 0 Å². The Kier molecular flexibility index (Phi) is 6.51. The van der Waals surface area contributed by atoms with Crippen LogP contribution in [0.5, 0.6) is 23.0 Å². The summed E-state index contributed by atoms with van der Waals surface area (Å²) in [5.74, 6) is 3.01. The lowest BCUT2D eigenvalue weighted by Crippen LogP contribution is -2.21. The molecule has 5 rings (SSSR count). The fourth-order valence-electron chi connectivity index (χ4n) is 4.21. The molecule has 0 saturated heterocycles. The van der Waals surface area contributed by atoms with E-state index in [1.54, 1.807) is 37.4 Å². The summed E-state index contributed by atoms with van der Waals surface area (Å²) in [6.07, 6.45) is 3.31. The summed E-state index contributed by atoms with van der Waals surface area (Å²) in [6, 6.07) is 18.7. The molecule has 9 heteroatoms. The van der Waals surface area contributed by atoms with Crippen molar-refractivity contribution in [1.82, 2.24) is 19.3 Å². The minimum Gasteiger partial charge on any atom is -0.493 e. The molecule has 9 nitrogen and oxygen atoms in total. The van der Waals surface area contributed by atoms with Gasteiger partial charge in [0.1, 0.15) is 17.3 Å². The number of anilines is 1. The topological polar surface area (TPSA) is 92.4 Å². The number of nitrogens with one attached hydrogen (secondary N) is 1. The van der Waals surface area contributed by atoms with E-state index in [1.165, 1.54) is 0 Å². The van der Waals surface area contributed by atoms with Crippen LogP contribution in [0.4, 0.5) is 5.82 Å². The largest absolute Gasteiger partial charge is 0.493 e. The van der Waals surface area contributed by atoms with Gasteiger partial charge in [0.05, 0.1) is 37.2 Å². The number of benzene rings is 2. The van der Waals surface area contributed by atoms with Crippen LogP contribution in [0.2, 0.25) is 0 Å². The quantitative estimate of drug-likeness (QED) is 0.328. The van der Waals surface area contributed by atoms with Crippen LogP contribution >= 0.6 is 0 Å². The summed E-state index contributed by atoms with van der Waals surface area (Å²) in [5.41, 5.74) is 3.05. The van der Waals surface area contributed by atoms with Crippen molar-refractivity contribution < 1.29 is 14.2 Å². The molecular weight excluding hydrogens is 470 g/mol. The standard InChI is InChI=1S/C28H27N5O4/c1-18-22(28(34)33(32(18)2)19-8-6-5-7-9-19)17-31-27-11-10-20(16-30-27)37-24-12-13-29-23-15-26(36-4)25(35-3)14-21(23)24/h5-16H,17H2,1-4H3,(H,30,31). The number of pyridine rings is 2. The first kappa shape index (κ1) is 23.9. The molecule has 0 spiro atoms. The van der Waals surface area contributed by atoms with E-state index in [2.05, 4.69) is 15.3 Å². The molecule has 3 heterocycles. The normalized spacial score (nSPS) is 10.9. The molecule has 0 radical (unpaired) electrons. The number of aromatic nitrogens is 4. The van der Waals surface area contributed by atoms with E-state index in [-0.39, 0.29) is 5.56 Å². The van der Waals surface area contributed by atoms with Crippen molar-refractivity contribution in [2.24, 2.45) is 7.05 Å². The molecule has 0 fully saturated rings. The Balaban J connectivity index is 1.33. The lowest BCUT2D eigenvalue weighted by molar-refractivity contribution is 0.355. The average molecular weight is 498 g/mol. The Morgan fingerprint density at radius 1 is 0.919 bits per heavy atom. The fourth-order valence-corrected chi connectivity index (χ4v) is 4.21. The minimum atomic E-state index is -0.0599. The number of ether oxygens (including phenoxy) is 3. The average Bonchev–Trinajstić information content (AvgIpc) is 3.15. The van der Waals surface area contributed by atoms with Crippen molar-refractivity contribution in [2.45, 2.75) is 13.5 Å². The van der Waals surface area contributed by atoms with Gasteiger partial charge in [0.25, 0.3) is 5.56 Å². The molecular formula is C28H27N5O4. The first-order valence-electron chi connectivity index (χ1n) is 11.7. The van der Waals surface area contributed by atoms with E-state index in [0.717, 1.165) is 22.3 Å². The van der Waals surface area contributed by atoms with Gasteiger partial charge in [-0.15, -0.1) is 0 Å². The molecule has 0 saturated carbocycles. The SMILES string of the molecule is COc1cc2nccc(Oc3ccc(NCc4c(C)n(C)n(-c5ccccc5)c4=O)nc3)c2cc1OC. The summed E-state index contributed by atoms with van der Waals surface area (Å²) >= 11 is 0. The maximum atomic E-state index is 13.1. The van der Waals surface area contributed by atoms with Gasteiger partial charge in [-0.3, -0.25) is 14.5 Å². The minimum absolute atomic E-state index is 0.0599. The molecule has 0 unspecified atom stereocenters. The lowest BCUT2D eigenvalue weighted by atomic mass is 10.2. The molecule has 3 aromatic heterocycles. The highest BCUT2D eigenvalue weighted by Crippen LogP contribution is 2.36. The van der Waals surface area contributed by atoms with Crippen molar-refractivity contribution in [2.75, 3.05) is 19.5 Å². The second-order valence-corrected chi connectivity index (χ2v) is 8.41. The molecule has 188 valence electrons. The van der Waals surface area contributed by atoms with Crippen LogP contribution in [0.3, 0.4) is 0 Å². The molecule has 0 atom stereocenters. The van der Waals surface area contributed by atoms with Crippen molar-refractivity contribution in [3.05, 3.63) is 94.7 Å². The second-order valence-electron chi connectivity index (χ2n) is 8.41. The van der Waals surface area contributed by atoms with Crippen LogP contribution in [-0.4, -0.2) is 33.6 Å². The van der Waals surface area contributed by atoms with Crippen LogP contribution in [0.1, 0.15) is 11.3 Å².